The second kappa shape index (κ2) is 16.2. The van der Waals surface area contributed by atoms with E-state index >= 15 is 0 Å². The highest BCUT2D eigenvalue weighted by molar-refractivity contribution is 7.70. The second-order valence-corrected chi connectivity index (χ2v) is 19.5. The molecule has 2 unspecified atom stereocenters. The van der Waals surface area contributed by atoms with E-state index in [2.05, 4.69) is 51.6 Å². The molecule has 0 spiro atoms. The monoisotopic (exact) mass is 746 g/mol. The average Bonchev–Trinajstić information content (AvgIpc) is 3.51. The molecule has 2 aromatic carbocycles. The topological polar surface area (TPSA) is 166 Å². The molecule has 0 radical (unpaired) electrons. The molecule has 286 valence electrons. The van der Waals surface area contributed by atoms with Gasteiger partial charge in [0.15, 0.2) is 0 Å². The fourth-order valence-electron chi connectivity index (χ4n) is 6.89. The molecule has 2 aromatic heterocycles. The van der Waals surface area contributed by atoms with Crippen LogP contribution >= 0.6 is 7.14 Å². The number of ether oxygens (including phenoxy) is 1. The molecular formula is C39H55N8O5P. The Morgan fingerprint density at radius 1 is 0.962 bits per heavy atom. The van der Waals surface area contributed by atoms with E-state index in [0.717, 1.165) is 65.6 Å². The summed E-state index contributed by atoms with van der Waals surface area (Å²) in [6.45, 7) is 17.7. The Balaban J connectivity index is 0.000000352. The van der Waals surface area contributed by atoms with Gasteiger partial charge in [0.1, 0.15) is 18.6 Å². The molecule has 2 aliphatic rings. The largest absolute Gasteiger partial charge is 0.465 e. The van der Waals surface area contributed by atoms with Crippen LogP contribution in [0.15, 0.2) is 54.7 Å². The average molecular weight is 747 g/mol. The van der Waals surface area contributed by atoms with E-state index in [1.54, 1.807) is 35.4 Å². The van der Waals surface area contributed by atoms with Gasteiger partial charge in [-0.25, -0.2) is 14.6 Å². The number of aromatic amines is 1. The summed E-state index contributed by atoms with van der Waals surface area (Å²) >= 11 is 0. The van der Waals surface area contributed by atoms with Gasteiger partial charge in [0.25, 0.3) is 0 Å². The third-order valence-electron chi connectivity index (χ3n) is 9.49. The molecule has 4 heterocycles. The van der Waals surface area contributed by atoms with Crippen LogP contribution in [0.5, 0.6) is 0 Å². The number of piperidine rings is 2. The molecule has 2 amide bonds. The molecule has 2 saturated heterocycles. The van der Waals surface area contributed by atoms with Crippen molar-refractivity contribution in [3.8, 4) is 0 Å². The third-order valence-corrected chi connectivity index (χ3v) is 11.0. The van der Waals surface area contributed by atoms with Crippen LogP contribution in [0, 0.1) is 5.41 Å². The first-order valence-electron chi connectivity index (χ1n) is 18.4. The molecule has 53 heavy (non-hydrogen) atoms. The molecule has 0 aliphatic carbocycles. The van der Waals surface area contributed by atoms with Crippen molar-refractivity contribution in [3.05, 3.63) is 60.4 Å². The number of nitrogens with one attached hydrogen (secondary N) is 3. The summed E-state index contributed by atoms with van der Waals surface area (Å²) in [5.74, 6) is 1.15. The molecule has 4 N–H and O–H groups in total. The van der Waals surface area contributed by atoms with Gasteiger partial charge < -0.3 is 34.8 Å². The number of amides is 2. The Kier molecular flexibility index (Phi) is 12.1. The number of carbonyl (C=O) groups excluding carboxylic acids is 1. The predicted molar refractivity (Wildman–Crippen MR) is 212 cm³/mol. The van der Waals surface area contributed by atoms with E-state index in [9.17, 15) is 19.3 Å². The number of carbonyl (C=O) groups is 2. The third kappa shape index (κ3) is 10.5. The van der Waals surface area contributed by atoms with E-state index in [4.69, 9.17) is 4.74 Å². The van der Waals surface area contributed by atoms with Crippen LogP contribution in [0.25, 0.3) is 10.9 Å². The highest BCUT2D eigenvalue weighted by Gasteiger charge is 2.40. The summed E-state index contributed by atoms with van der Waals surface area (Å²) in [7, 11) is -2.48. The van der Waals surface area contributed by atoms with Crippen LogP contribution in [0.4, 0.5) is 32.7 Å². The van der Waals surface area contributed by atoms with Gasteiger partial charge in [-0.1, -0.05) is 32.9 Å². The van der Waals surface area contributed by atoms with Crippen LogP contribution < -0.4 is 15.9 Å². The van der Waals surface area contributed by atoms with Crippen LogP contribution in [0.1, 0.15) is 85.3 Å². The summed E-state index contributed by atoms with van der Waals surface area (Å²) in [6, 6.07) is 15.2. The minimum absolute atomic E-state index is 0.0973. The number of fused-ring (bicyclic) bond motifs is 1. The number of aromatic nitrogens is 4. The summed E-state index contributed by atoms with van der Waals surface area (Å²) in [4.78, 5) is 35.8. The lowest BCUT2D eigenvalue weighted by Gasteiger charge is -2.44. The Hall–Kier alpha value is -4.64. The molecule has 2 fully saturated rings. The maximum Gasteiger partial charge on any atom is 0.410 e. The predicted octanol–water partition coefficient (Wildman–Crippen LogP) is 8.77. The smallest absolute Gasteiger partial charge is 0.410 e. The van der Waals surface area contributed by atoms with Gasteiger partial charge in [-0.15, -0.1) is 0 Å². The Morgan fingerprint density at radius 2 is 1.68 bits per heavy atom. The number of nitrogens with zero attached hydrogens (tertiary/aromatic N) is 5. The lowest BCUT2D eigenvalue weighted by atomic mass is 9.76. The lowest BCUT2D eigenvalue weighted by molar-refractivity contribution is 0.0215. The quantitative estimate of drug-likeness (QED) is 0.140. The van der Waals surface area contributed by atoms with Crippen LogP contribution in [0.2, 0.25) is 0 Å². The summed E-state index contributed by atoms with van der Waals surface area (Å²) in [6.07, 6.45) is 5.54. The minimum atomic E-state index is -2.48. The van der Waals surface area contributed by atoms with Crippen molar-refractivity contribution in [1.29, 1.82) is 0 Å². The Bertz CT molecular complexity index is 1940. The van der Waals surface area contributed by atoms with E-state index in [-0.39, 0.29) is 29.1 Å². The fourth-order valence-corrected chi connectivity index (χ4v) is 8.05. The van der Waals surface area contributed by atoms with Gasteiger partial charge in [-0.2, -0.15) is 10.1 Å². The van der Waals surface area contributed by atoms with E-state index < -0.39 is 13.2 Å². The van der Waals surface area contributed by atoms with Gasteiger partial charge in [0.05, 0.1) is 16.9 Å². The van der Waals surface area contributed by atoms with Crippen molar-refractivity contribution in [2.45, 2.75) is 91.2 Å². The van der Waals surface area contributed by atoms with Crippen molar-refractivity contribution in [1.82, 2.24) is 30.0 Å². The highest BCUT2D eigenvalue weighted by Crippen LogP contribution is 2.41. The first-order valence-corrected chi connectivity index (χ1v) is 21.0. The number of carboxylic acid groups (broad SMARTS) is 1. The first-order chi connectivity index (χ1) is 24.9. The van der Waals surface area contributed by atoms with E-state index in [0.29, 0.717) is 24.7 Å². The minimum Gasteiger partial charge on any atom is -0.465 e. The maximum atomic E-state index is 12.8. The normalized spacial score (nSPS) is 18.2. The SMILES string of the molecule is CC(C)(C)C1CC(c2n[nH]c3ccc(Nc4nccc(Nc5ccccc5P(C)(C)=O)n4)cc23)CCN1C(=O)O.CC(C)(C)OC(=O)N1CCCCC1. The van der Waals surface area contributed by atoms with Crippen LogP contribution in [-0.4, -0.2) is 91.9 Å². The van der Waals surface area contributed by atoms with Crippen molar-refractivity contribution in [2.24, 2.45) is 5.41 Å². The zero-order chi connectivity index (χ0) is 38.6. The van der Waals surface area contributed by atoms with Crippen molar-refractivity contribution in [3.63, 3.8) is 0 Å². The van der Waals surface area contributed by atoms with Gasteiger partial charge in [-0.05, 0) is 108 Å². The standard InChI is InChI=1S/C29H36N7O3P.C10H19NO2/c1-29(2,3)24-16-18(13-15-36(24)28(37)38)26-20-17-19(10-11-21(20)34-35-26)31-27-30-14-12-25(33-27)32-22-8-6-7-9-23(22)40(4,5)39;1-10(2,3)13-9(12)11-7-5-4-6-8-11/h6-12,14,17-18,24H,13,15-16H2,1-5H3,(H,34,35)(H,37,38)(H2,30,31,32,33);4-8H2,1-3H3. The molecule has 0 saturated carbocycles. The van der Waals surface area contributed by atoms with E-state index in [1.807, 2.05) is 63.2 Å². The molecule has 2 atom stereocenters. The zero-order valence-corrected chi connectivity index (χ0v) is 33.2. The van der Waals surface area contributed by atoms with Gasteiger partial charge in [-0.3, -0.25) is 5.10 Å². The molecular weight excluding hydrogens is 691 g/mol. The molecule has 0 bridgehead atoms. The molecule has 13 nitrogen and oxygen atoms in total. The number of hydrogen-bond donors (Lipinski definition) is 4. The number of likely N-dealkylation sites (tertiary alicyclic amines) is 2. The summed E-state index contributed by atoms with van der Waals surface area (Å²) < 4.78 is 18.0. The Labute approximate surface area is 312 Å². The Morgan fingerprint density at radius 3 is 2.34 bits per heavy atom. The van der Waals surface area contributed by atoms with Crippen LogP contribution in [-0.2, 0) is 9.30 Å². The highest BCUT2D eigenvalue weighted by atomic mass is 31.2. The second-order valence-electron chi connectivity index (χ2n) is 16.4. The molecule has 14 heteroatoms. The van der Waals surface area contributed by atoms with Gasteiger partial charge >= 0.3 is 12.2 Å². The summed E-state index contributed by atoms with van der Waals surface area (Å²) in [5.41, 5.74) is 2.90. The number of hydrogen-bond acceptors (Lipinski definition) is 9. The van der Waals surface area contributed by atoms with Gasteiger partial charge in [0.2, 0.25) is 5.95 Å². The number of anilines is 4. The van der Waals surface area contributed by atoms with Crippen molar-refractivity contribution < 1.29 is 24.0 Å². The molecule has 4 aromatic rings. The van der Waals surface area contributed by atoms with Crippen molar-refractivity contribution >= 4 is 58.7 Å². The number of H-pyrrole nitrogens is 1. The molecule has 2 aliphatic heterocycles. The number of para-hydroxylation sites is 1. The summed E-state index contributed by atoms with van der Waals surface area (Å²) in [5, 5.41) is 25.9. The maximum absolute atomic E-state index is 12.8. The van der Waals surface area contributed by atoms with Gasteiger partial charge in [0, 0.05) is 54.2 Å². The first kappa shape index (κ1) is 39.6. The van der Waals surface area contributed by atoms with E-state index in [1.165, 1.54) is 6.42 Å². The number of benzene rings is 2. The zero-order valence-electron chi connectivity index (χ0n) is 32.3. The fraction of sp³-hybridized carbons (Fsp3) is 0.513. The number of rotatable bonds is 6. The lowest BCUT2D eigenvalue weighted by Crippen LogP contribution is -2.51. The van der Waals surface area contributed by atoms with Crippen LogP contribution in [0.3, 0.4) is 0 Å². The molecule has 6 rings (SSSR count). The van der Waals surface area contributed by atoms with Crippen molar-refractivity contribution in [2.75, 3.05) is 43.6 Å².